The summed E-state index contributed by atoms with van der Waals surface area (Å²) in [5.41, 5.74) is 6.15. The molecular weight excluding hydrogens is 368 g/mol. The molecule has 1 atom stereocenters. The smallest absolute Gasteiger partial charge is 0.354 e. The number of nitrogens with zero attached hydrogens (tertiary/aromatic N) is 4. The highest BCUT2D eigenvalue weighted by Crippen LogP contribution is 2.15. The third-order valence-corrected chi connectivity index (χ3v) is 3.96. The second-order valence-corrected chi connectivity index (χ2v) is 5.82. The molecule has 4 N–H and O–H groups in total. The van der Waals surface area contributed by atoms with Crippen molar-refractivity contribution in [1.29, 1.82) is 0 Å². The van der Waals surface area contributed by atoms with Gasteiger partial charge in [0.15, 0.2) is 5.69 Å². The molecule has 0 aliphatic heterocycles. The van der Waals surface area contributed by atoms with E-state index in [1.54, 1.807) is 31.2 Å². The maximum absolute atomic E-state index is 12.5. The van der Waals surface area contributed by atoms with E-state index in [1.165, 1.54) is 7.11 Å². The average Bonchev–Trinajstić information content (AvgIpc) is 3.06. The number of carboxylic acids is 1. The van der Waals surface area contributed by atoms with Crippen LogP contribution in [-0.2, 0) is 4.74 Å². The summed E-state index contributed by atoms with van der Waals surface area (Å²) in [5.74, 6) is -2.63. The summed E-state index contributed by atoms with van der Waals surface area (Å²) < 4.78 is 5.59. The lowest BCUT2D eigenvalue weighted by Crippen LogP contribution is -2.28. The fourth-order valence-corrected chi connectivity index (χ4v) is 2.53. The second kappa shape index (κ2) is 7.31. The normalized spacial score (nSPS) is 11.8. The molecule has 0 saturated heterocycles. The van der Waals surface area contributed by atoms with Gasteiger partial charge in [-0.3, -0.25) is 4.79 Å². The monoisotopic (exact) mass is 384 g/mol. The van der Waals surface area contributed by atoms with Gasteiger partial charge in [0.1, 0.15) is 5.69 Å². The fourth-order valence-electron chi connectivity index (χ4n) is 2.53. The quantitative estimate of drug-likeness (QED) is 0.537. The summed E-state index contributed by atoms with van der Waals surface area (Å²) in [6, 6.07) is 7.16. The molecule has 0 saturated carbocycles. The Balaban J connectivity index is 1.84. The lowest BCUT2D eigenvalue weighted by Gasteiger charge is -2.14. The molecule has 144 valence electrons. The van der Waals surface area contributed by atoms with Crippen molar-refractivity contribution in [2.45, 2.75) is 13.0 Å². The number of aromatic carboxylic acids is 1. The van der Waals surface area contributed by atoms with Gasteiger partial charge in [-0.2, -0.15) is 9.50 Å². The van der Waals surface area contributed by atoms with Gasteiger partial charge in [-0.25, -0.2) is 14.6 Å². The first kappa shape index (κ1) is 18.8. The van der Waals surface area contributed by atoms with Crippen LogP contribution in [0.5, 0.6) is 0 Å². The van der Waals surface area contributed by atoms with Crippen LogP contribution < -0.4 is 11.1 Å². The number of amides is 1. The minimum atomic E-state index is -1.31. The molecule has 2 heterocycles. The first-order valence-electron chi connectivity index (χ1n) is 8.06. The number of esters is 1. The molecule has 3 aromatic rings. The molecule has 3 rings (SSSR count). The minimum Gasteiger partial charge on any atom is -0.477 e. The van der Waals surface area contributed by atoms with E-state index in [0.29, 0.717) is 5.56 Å². The van der Waals surface area contributed by atoms with Crippen molar-refractivity contribution in [3.05, 3.63) is 52.8 Å². The molecule has 28 heavy (non-hydrogen) atoms. The number of aromatic nitrogens is 4. The van der Waals surface area contributed by atoms with Crippen LogP contribution in [0.4, 0.5) is 5.95 Å². The molecule has 0 aliphatic carbocycles. The fraction of sp³-hybridized carbons (Fsp3) is 0.176. The number of fused-ring (bicyclic) bond motifs is 1. The number of benzene rings is 1. The number of nitrogens with two attached hydrogens (primary N) is 1. The van der Waals surface area contributed by atoms with Gasteiger partial charge in [-0.15, -0.1) is 5.10 Å². The van der Waals surface area contributed by atoms with Crippen LogP contribution in [0.25, 0.3) is 5.78 Å². The summed E-state index contributed by atoms with van der Waals surface area (Å²) in [6.45, 7) is 1.73. The van der Waals surface area contributed by atoms with Crippen molar-refractivity contribution in [3.8, 4) is 0 Å². The molecule has 11 nitrogen and oxygen atoms in total. The van der Waals surface area contributed by atoms with E-state index in [9.17, 15) is 19.5 Å². The van der Waals surface area contributed by atoms with E-state index >= 15 is 0 Å². The van der Waals surface area contributed by atoms with Crippen molar-refractivity contribution in [1.82, 2.24) is 24.9 Å². The predicted molar refractivity (Wildman–Crippen MR) is 95.8 cm³/mol. The van der Waals surface area contributed by atoms with Crippen LogP contribution >= 0.6 is 0 Å². The number of carbonyl (C=O) groups is 3. The molecule has 0 unspecified atom stereocenters. The van der Waals surface area contributed by atoms with Crippen LogP contribution in [0, 0.1) is 0 Å². The van der Waals surface area contributed by atoms with E-state index in [2.05, 4.69) is 25.1 Å². The molecule has 0 bridgehead atoms. The number of carbonyl (C=O) groups excluding carboxylic acids is 2. The number of hydrogen-bond acceptors (Lipinski definition) is 8. The first-order chi connectivity index (χ1) is 13.3. The van der Waals surface area contributed by atoms with Crippen LogP contribution in [0.2, 0.25) is 0 Å². The van der Waals surface area contributed by atoms with E-state index < -0.39 is 23.9 Å². The lowest BCUT2D eigenvalue weighted by atomic mass is 10.1. The lowest BCUT2D eigenvalue weighted by molar-refractivity contribution is 0.0599. The van der Waals surface area contributed by atoms with Crippen LogP contribution in [-0.4, -0.2) is 49.6 Å². The minimum absolute atomic E-state index is 0.0994. The summed E-state index contributed by atoms with van der Waals surface area (Å²) >= 11 is 0. The molecule has 0 fully saturated rings. The van der Waals surface area contributed by atoms with Crippen molar-refractivity contribution in [2.24, 2.45) is 0 Å². The van der Waals surface area contributed by atoms with Gasteiger partial charge in [0.25, 0.3) is 11.7 Å². The highest BCUT2D eigenvalue weighted by atomic mass is 16.5. The first-order valence-corrected chi connectivity index (χ1v) is 8.06. The zero-order valence-corrected chi connectivity index (χ0v) is 14.9. The van der Waals surface area contributed by atoms with E-state index in [4.69, 9.17) is 5.73 Å². The van der Waals surface area contributed by atoms with Gasteiger partial charge in [-0.05, 0) is 24.6 Å². The molecule has 1 aromatic carbocycles. The second-order valence-electron chi connectivity index (χ2n) is 5.82. The average molecular weight is 384 g/mol. The Morgan fingerprint density at radius 2 is 1.89 bits per heavy atom. The Morgan fingerprint density at radius 3 is 2.50 bits per heavy atom. The number of nitrogen functional groups attached to an aromatic ring is 1. The van der Waals surface area contributed by atoms with Gasteiger partial charge in [0, 0.05) is 6.07 Å². The highest BCUT2D eigenvalue weighted by Gasteiger charge is 2.20. The maximum Gasteiger partial charge on any atom is 0.354 e. The number of rotatable bonds is 5. The Bertz CT molecular complexity index is 1080. The zero-order valence-electron chi connectivity index (χ0n) is 14.9. The van der Waals surface area contributed by atoms with Crippen molar-refractivity contribution in [2.75, 3.05) is 12.8 Å². The molecule has 0 radical (unpaired) electrons. The summed E-state index contributed by atoms with van der Waals surface area (Å²) in [4.78, 5) is 43.3. The van der Waals surface area contributed by atoms with Gasteiger partial charge in [-0.1, -0.05) is 12.1 Å². The molecule has 11 heteroatoms. The summed E-state index contributed by atoms with van der Waals surface area (Å²) in [5, 5.41) is 15.8. The molecule has 0 spiro atoms. The van der Waals surface area contributed by atoms with Crippen LogP contribution in [0.15, 0.2) is 30.3 Å². The maximum atomic E-state index is 12.5. The number of nitrogens with one attached hydrogen (secondary N) is 1. The van der Waals surface area contributed by atoms with Crippen molar-refractivity contribution < 1.29 is 24.2 Å². The van der Waals surface area contributed by atoms with Gasteiger partial charge >= 0.3 is 11.9 Å². The van der Waals surface area contributed by atoms with E-state index in [0.717, 1.165) is 16.1 Å². The highest BCUT2D eigenvalue weighted by molar-refractivity contribution is 5.96. The predicted octanol–water partition coefficient (Wildman–Crippen LogP) is 0.682. The van der Waals surface area contributed by atoms with E-state index in [-0.39, 0.29) is 23.1 Å². The Morgan fingerprint density at radius 1 is 1.21 bits per heavy atom. The van der Waals surface area contributed by atoms with Crippen molar-refractivity contribution in [3.63, 3.8) is 0 Å². The molecular formula is C17H16N6O5. The number of methoxy groups -OCH3 is 1. The van der Waals surface area contributed by atoms with Gasteiger partial charge in [0.05, 0.1) is 18.7 Å². The Kier molecular flexibility index (Phi) is 4.90. The summed E-state index contributed by atoms with van der Waals surface area (Å²) in [7, 11) is 1.29. The van der Waals surface area contributed by atoms with E-state index in [1.807, 2.05) is 0 Å². The van der Waals surface area contributed by atoms with Crippen LogP contribution in [0.1, 0.15) is 49.9 Å². The molecule has 1 amide bonds. The van der Waals surface area contributed by atoms with Gasteiger partial charge in [0.2, 0.25) is 5.95 Å². The van der Waals surface area contributed by atoms with Crippen LogP contribution in [0.3, 0.4) is 0 Å². The molecule has 2 aromatic heterocycles. The number of carboxylic acid groups (broad SMARTS) is 1. The standard InChI is InChI=1S/C17H16N6O5/c1-8(9-3-5-10(6-4-9)15(27)28-2)19-13(24)11-7-12(14(25)26)23-17(20-11)21-16(18)22-23/h3-8H,1-2H3,(H2,18,22)(H,19,24)(H,25,26)/t8-/m1/s1. The SMILES string of the molecule is COC(=O)c1ccc([C@@H](C)NC(=O)c2cc(C(=O)O)n3nc(N)nc3n2)cc1. The van der Waals surface area contributed by atoms with Crippen molar-refractivity contribution >= 4 is 29.6 Å². The largest absolute Gasteiger partial charge is 0.477 e. The Labute approximate surface area is 158 Å². The third-order valence-electron chi connectivity index (χ3n) is 3.96. The number of hydrogen-bond donors (Lipinski definition) is 3. The van der Waals surface area contributed by atoms with Gasteiger partial charge < -0.3 is 20.9 Å². The molecule has 0 aliphatic rings. The topological polar surface area (TPSA) is 162 Å². The zero-order chi connectivity index (χ0) is 20.4. The third kappa shape index (κ3) is 3.58. The summed E-state index contributed by atoms with van der Waals surface area (Å²) in [6.07, 6.45) is 0. The number of ether oxygens (including phenoxy) is 1. The number of anilines is 1. The Hall–Kier alpha value is -4.02.